The largest absolute Gasteiger partial charge is 0.444 e. The lowest BCUT2D eigenvalue weighted by molar-refractivity contribution is 0.155. The van der Waals surface area contributed by atoms with E-state index in [1.54, 1.807) is 18.5 Å². The van der Waals surface area contributed by atoms with Gasteiger partial charge in [0.1, 0.15) is 6.61 Å². The molecule has 0 radical (unpaired) electrons. The number of hydrogen-bond donors (Lipinski definition) is 1. The third kappa shape index (κ3) is 4.09. The molecule has 104 valence electrons. The summed E-state index contributed by atoms with van der Waals surface area (Å²) in [5.41, 5.74) is 2.82. The minimum absolute atomic E-state index is 0.212. The zero-order valence-electron chi connectivity index (χ0n) is 11.7. The Morgan fingerprint density at radius 3 is 2.60 bits per heavy atom. The first kappa shape index (κ1) is 14.1. The number of aromatic nitrogens is 1. The molecule has 0 atom stereocenters. The Morgan fingerprint density at radius 1 is 1.25 bits per heavy atom. The number of ether oxygens (including phenoxy) is 1. The number of carbonyl (C=O) groups excluding carboxylic acids is 1. The van der Waals surface area contributed by atoms with Gasteiger partial charge in [-0.2, -0.15) is 0 Å². The topological polar surface area (TPSA) is 51.2 Å². The molecule has 0 spiro atoms. The van der Waals surface area contributed by atoms with Gasteiger partial charge in [0.15, 0.2) is 0 Å². The second-order valence-electron chi connectivity index (χ2n) is 4.84. The van der Waals surface area contributed by atoms with Crippen molar-refractivity contribution >= 4 is 11.8 Å². The molecule has 0 unspecified atom stereocenters. The molecular formula is C16H18N2O2. The number of nitrogens with one attached hydrogen (secondary N) is 1. The maximum atomic E-state index is 11.7. The number of amides is 1. The van der Waals surface area contributed by atoms with E-state index < -0.39 is 6.09 Å². The lowest BCUT2D eigenvalue weighted by Crippen LogP contribution is -2.13. The second-order valence-corrected chi connectivity index (χ2v) is 4.84. The maximum absolute atomic E-state index is 11.7. The summed E-state index contributed by atoms with van der Waals surface area (Å²) >= 11 is 0. The van der Waals surface area contributed by atoms with Crippen LogP contribution in [-0.2, 0) is 11.3 Å². The molecule has 0 saturated heterocycles. The summed E-state index contributed by atoms with van der Waals surface area (Å²) in [7, 11) is 0. The van der Waals surface area contributed by atoms with Crippen molar-refractivity contribution in [3.05, 3.63) is 59.9 Å². The van der Waals surface area contributed by atoms with Crippen LogP contribution in [0.1, 0.15) is 30.9 Å². The smallest absolute Gasteiger partial charge is 0.411 e. The molecular weight excluding hydrogens is 252 g/mol. The molecule has 1 N–H and O–H groups in total. The molecule has 1 heterocycles. The summed E-state index contributed by atoms with van der Waals surface area (Å²) in [6.07, 6.45) is 2.89. The Balaban J connectivity index is 1.85. The molecule has 0 bridgehead atoms. The molecule has 0 saturated carbocycles. The molecule has 1 aromatic heterocycles. The van der Waals surface area contributed by atoms with Crippen LogP contribution < -0.4 is 5.32 Å². The van der Waals surface area contributed by atoms with Crippen LogP contribution in [0.5, 0.6) is 0 Å². The van der Waals surface area contributed by atoms with Gasteiger partial charge in [-0.1, -0.05) is 32.0 Å². The predicted octanol–water partition coefficient (Wildman–Crippen LogP) is 3.95. The summed E-state index contributed by atoms with van der Waals surface area (Å²) in [5, 5.41) is 2.70. The van der Waals surface area contributed by atoms with E-state index in [-0.39, 0.29) is 6.61 Å². The molecule has 2 aromatic rings. The zero-order chi connectivity index (χ0) is 14.4. The summed E-state index contributed by atoms with van der Waals surface area (Å²) in [5.74, 6) is 0.474. The molecule has 2 rings (SSSR count). The van der Waals surface area contributed by atoms with Crippen molar-refractivity contribution in [1.29, 1.82) is 0 Å². The molecule has 20 heavy (non-hydrogen) atoms. The lowest BCUT2D eigenvalue weighted by Gasteiger charge is -2.09. The van der Waals surface area contributed by atoms with E-state index in [4.69, 9.17) is 4.74 Å². The third-order valence-corrected chi connectivity index (χ3v) is 2.92. The SMILES string of the molecule is CC(C)c1ccc(NC(=O)OCc2cccnc2)cc1. The monoisotopic (exact) mass is 270 g/mol. The van der Waals surface area contributed by atoms with Gasteiger partial charge >= 0.3 is 6.09 Å². The van der Waals surface area contributed by atoms with E-state index in [0.717, 1.165) is 11.3 Å². The Kier molecular flexibility index (Phi) is 4.71. The van der Waals surface area contributed by atoms with Crippen LogP contribution in [0.3, 0.4) is 0 Å². The summed E-state index contributed by atoms with van der Waals surface area (Å²) < 4.78 is 5.12. The van der Waals surface area contributed by atoms with E-state index in [0.29, 0.717) is 5.92 Å². The van der Waals surface area contributed by atoms with Crippen molar-refractivity contribution in [1.82, 2.24) is 4.98 Å². The number of anilines is 1. The summed E-state index contributed by atoms with van der Waals surface area (Å²) in [6.45, 7) is 4.47. The Bertz CT molecular complexity index is 550. The molecule has 4 nitrogen and oxygen atoms in total. The highest BCUT2D eigenvalue weighted by Gasteiger charge is 2.04. The number of nitrogens with zero attached hydrogens (tertiary/aromatic N) is 1. The standard InChI is InChI=1S/C16H18N2O2/c1-12(2)14-5-7-15(8-6-14)18-16(19)20-11-13-4-3-9-17-10-13/h3-10,12H,11H2,1-2H3,(H,18,19). The molecule has 0 aliphatic carbocycles. The van der Waals surface area contributed by atoms with Crippen LogP contribution in [0, 0.1) is 0 Å². The average molecular weight is 270 g/mol. The minimum Gasteiger partial charge on any atom is -0.444 e. The predicted molar refractivity (Wildman–Crippen MR) is 78.6 cm³/mol. The zero-order valence-corrected chi connectivity index (χ0v) is 11.7. The molecule has 1 amide bonds. The maximum Gasteiger partial charge on any atom is 0.411 e. The van der Waals surface area contributed by atoms with E-state index in [1.807, 2.05) is 30.3 Å². The fourth-order valence-corrected chi connectivity index (χ4v) is 1.74. The third-order valence-electron chi connectivity index (χ3n) is 2.92. The first-order valence-electron chi connectivity index (χ1n) is 6.58. The summed E-state index contributed by atoms with van der Waals surface area (Å²) in [4.78, 5) is 15.6. The first-order chi connectivity index (χ1) is 9.65. The molecule has 1 aromatic carbocycles. The van der Waals surface area contributed by atoms with E-state index >= 15 is 0 Å². The van der Waals surface area contributed by atoms with Crippen LogP contribution in [-0.4, -0.2) is 11.1 Å². The Morgan fingerprint density at radius 2 is 2.00 bits per heavy atom. The van der Waals surface area contributed by atoms with Crippen LogP contribution in [0.15, 0.2) is 48.8 Å². The minimum atomic E-state index is -0.467. The fraction of sp³-hybridized carbons (Fsp3) is 0.250. The van der Waals surface area contributed by atoms with Gasteiger partial charge in [-0.25, -0.2) is 4.79 Å². The van der Waals surface area contributed by atoms with Gasteiger partial charge in [-0.3, -0.25) is 10.3 Å². The summed E-state index contributed by atoms with van der Waals surface area (Å²) in [6, 6.07) is 11.4. The Hall–Kier alpha value is -2.36. The number of carbonyl (C=O) groups is 1. The number of pyridine rings is 1. The van der Waals surface area contributed by atoms with Gasteiger partial charge in [-0.05, 0) is 29.7 Å². The highest BCUT2D eigenvalue weighted by molar-refractivity contribution is 5.84. The highest BCUT2D eigenvalue weighted by Crippen LogP contribution is 2.17. The second kappa shape index (κ2) is 6.70. The normalized spacial score (nSPS) is 10.3. The van der Waals surface area contributed by atoms with Gasteiger partial charge in [0.2, 0.25) is 0 Å². The molecule has 0 aliphatic rings. The number of benzene rings is 1. The van der Waals surface area contributed by atoms with Crippen molar-refractivity contribution in [2.45, 2.75) is 26.4 Å². The first-order valence-corrected chi connectivity index (χ1v) is 6.58. The van der Waals surface area contributed by atoms with E-state index in [2.05, 4.69) is 24.1 Å². The average Bonchev–Trinajstić information content (AvgIpc) is 2.47. The molecule has 4 heteroatoms. The van der Waals surface area contributed by atoms with Gasteiger partial charge in [0.25, 0.3) is 0 Å². The van der Waals surface area contributed by atoms with Crippen molar-refractivity contribution in [2.75, 3.05) is 5.32 Å². The molecule has 0 aliphatic heterocycles. The van der Waals surface area contributed by atoms with Gasteiger partial charge < -0.3 is 4.74 Å². The lowest BCUT2D eigenvalue weighted by atomic mass is 10.0. The van der Waals surface area contributed by atoms with Crippen molar-refractivity contribution < 1.29 is 9.53 Å². The van der Waals surface area contributed by atoms with Crippen LogP contribution in [0.25, 0.3) is 0 Å². The Labute approximate surface area is 118 Å². The van der Waals surface area contributed by atoms with Crippen molar-refractivity contribution in [3.63, 3.8) is 0 Å². The number of rotatable bonds is 4. The van der Waals surface area contributed by atoms with Gasteiger partial charge in [-0.15, -0.1) is 0 Å². The van der Waals surface area contributed by atoms with Crippen LogP contribution in [0.4, 0.5) is 10.5 Å². The van der Waals surface area contributed by atoms with Crippen LogP contribution >= 0.6 is 0 Å². The van der Waals surface area contributed by atoms with E-state index in [1.165, 1.54) is 5.56 Å². The number of hydrogen-bond acceptors (Lipinski definition) is 3. The van der Waals surface area contributed by atoms with Crippen molar-refractivity contribution in [3.8, 4) is 0 Å². The fourth-order valence-electron chi connectivity index (χ4n) is 1.74. The van der Waals surface area contributed by atoms with Gasteiger partial charge in [0.05, 0.1) is 0 Å². The van der Waals surface area contributed by atoms with Crippen LogP contribution in [0.2, 0.25) is 0 Å². The molecule has 0 fully saturated rings. The quantitative estimate of drug-likeness (QED) is 0.915. The van der Waals surface area contributed by atoms with Crippen molar-refractivity contribution in [2.24, 2.45) is 0 Å². The van der Waals surface area contributed by atoms with E-state index in [9.17, 15) is 4.79 Å². The van der Waals surface area contributed by atoms with Gasteiger partial charge in [0, 0.05) is 23.6 Å². The highest BCUT2D eigenvalue weighted by atomic mass is 16.5.